The zero-order chi connectivity index (χ0) is 25.4. The van der Waals surface area contributed by atoms with Gasteiger partial charge in [-0.25, -0.2) is 0 Å². The molecule has 0 bridgehead atoms. The van der Waals surface area contributed by atoms with E-state index in [0.717, 1.165) is 16.4 Å². The third-order valence-corrected chi connectivity index (χ3v) is 5.90. The molecule has 0 atom stereocenters. The monoisotopic (exact) mass is 495 g/mol. The number of ether oxygens (including phenoxy) is 4. The summed E-state index contributed by atoms with van der Waals surface area (Å²) in [6.45, 7) is 6.25. The van der Waals surface area contributed by atoms with E-state index in [1.807, 2.05) is 36.4 Å². The Kier molecular flexibility index (Phi) is 8.92. The SMILES string of the molecule is C=C1CN(c2cc(OC)c(OC)c(OC)c2)C1=O.COc1ccccc1OSc1ccc(C)cc1. The normalized spacial score (nSPS) is 12.2. The third-order valence-electron chi connectivity index (χ3n) is 5.18. The van der Waals surface area contributed by atoms with E-state index in [-0.39, 0.29) is 5.91 Å². The molecular weight excluding hydrogens is 466 g/mol. The first-order valence-electron chi connectivity index (χ1n) is 10.8. The van der Waals surface area contributed by atoms with Crippen LogP contribution in [-0.4, -0.2) is 40.9 Å². The van der Waals surface area contributed by atoms with E-state index >= 15 is 0 Å². The Bertz CT molecular complexity index is 1150. The van der Waals surface area contributed by atoms with Crippen LogP contribution in [-0.2, 0) is 4.79 Å². The highest BCUT2D eigenvalue weighted by molar-refractivity contribution is 7.95. The maximum absolute atomic E-state index is 11.6. The van der Waals surface area contributed by atoms with Crippen molar-refractivity contribution >= 4 is 23.6 Å². The number of para-hydroxylation sites is 2. The number of hydrogen-bond acceptors (Lipinski definition) is 7. The molecule has 7 nitrogen and oxygen atoms in total. The molecule has 1 aliphatic rings. The van der Waals surface area contributed by atoms with Crippen LogP contribution in [0, 0.1) is 6.92 Å². The van der Waals surface area contributed by atoms with Crippen LogP contribution in [0.15, 0.2) is 77.7 Å². The van der Waals surface area contributed by atoms with Gasteiger partial charge in [-0.2, -0.15) is 0 Å². The maximum atomic E-state index is 11.6. The second kappa shape index (κ2) is 12.1. The van der Waals surface area contributed by atoms with Crippen LogP contribution in [0.25, 0.3) is 0 Å². The average molecular weight is 496 g/mol. The van der Waals surface area contributed by atoms with Gasteiger partial charge in [-0.1, -0.05) is 36.4 Å². The van der Waals surface area contributed by atoms with Gasteiger partial charge >= 0.3 is 0 Å². The van der Waals surface area contributed by atoms with Crippen LogP contribution >= 0.6 is 12.0 Å². The molecule has 0 saturated carbocycles. The summed E-state index contributed by atoms with van der Waals surface area (Å²) in [5.41, 5.74) is 2.55. The van der Waals surface area contributed by atoms with Gasteiger partial charge in [-0.15, -0.1) is 0 Å². The summed E-state index contributed by atoms with van der Waals surface area (Å²) in [5.74, 6) is 2.96. The van der Waals surface area contributed by atoms with Crippen LogP contribution < -0.4 is 28.0 Å². The number of hydrogen-bond donors (Lipinski definition) is 0. The van der Waals surface area contributed by atoms with Crippen molar-refractivity contribution < 1.29 is 27.9 Å². The minimum absolute atomic E-state index is 0.0794. The molecule has 0 spiro atoms. The molecule has 0 N–H and O–H groups in total. The molecule has 0 aromatic heterocycles. The lowest BCUT2D eigenvalue weighted by Gasteiger charge is -2.33. The molecule has 35 heavy (non-hydrogen) atoms. The molecule has 0 aliphatic carbocycles. The van der Waals surface area contributed by atoms with Gasteiger partial charge in [0.25, 0.3) is 5.91 Å². The fourth-order valence-corrected chi connectivity index (χ4v) is 3.81. The van der Waals surface area contributed by atoms with Crippen molar-refractivity contribution in [3.63, 3.8) is 0 Å². The maximum Gasteiger partial charge on any atom is 0.255 e. The van der Waals surface area contributed by atoms with E-state index in [2.05, 4.69) is 25.6 Å². The smallest absolute Gasteiger partial charge is 0.255 e. The zero-order valence-corrected chi connectivity index (χ0v) is 21.3. The van der Waals surface area contributed by atoms with Crippen LogP contribution in [0.3, 0.4) is 0 Å². The second-order valence-electron chi connectivity index (χ2n) is 7.51. The van der Waals surface area contributed by atoms with Crippen LogP contribution in [0.5, 0.6) is 28.7 Å². The molecule has 0 unspecified atom stereocenters. The van der Waals surface area contributed by atoms with Gasteiger partial charge in [-0.3, -0.25) is 4.79 Å². The van der Waals surface area contributed by atoms with Crippen molar-refractivity contribution in [2.24, 2.45) is 0 Å². The van der Waals surface area contributed by atoms with Gasteiger partial charge in [0, 0.05) is 22.6 Å². The lowest BCUT2D eigenvalue weighted by molar-refractivity contribution is -0.117. The Morgan fingerprint density at radius 1 is 0.800 bits per heavy atom. The lowest BCUT2D eigenvalue weighted by atomic mass is 10.1. The van der Waals surface area contributed by atoms with E-state index in [1.54, 1.807) is 24.1 Å². The number of nitrogens with zero attached hydrogens (tertiary/aromatic N) is 1. The fraction of sp³-hybridized carbons (Fsp3) is 0.222. The molecule has 184 valence electrons. The number of carbonyl (C=O) groups is 1. The molecule has 3 aromatic rings. The van der Waals surface area contributed by atoms with Gasteiger partial charge in [0.2, 0.25) is 5.75 Å². The Hall–Kier alpha value is -3.78. The highest BCUT2D eigenvalue weighted by Crippen LogP contribution is 2.42. The first kappa shape index (κ1) is 25.8. The second-order valence-corrected chi connectivity index (χ2v) is 8.31. The predicted octanol–water partition coefficient (Wildman–Crippen LogP) is 5.70. The minimum atomic E-state index is -0.0794. The summed E-state index contributed by atoms with van der Waals surface area (Å²) >= 11 is 1.33. The summed E-state index contributed by atoms with van der Waals surface area (Å²) in [4.78, 5) is 14.3. The molecule has 3 aromatic carbocycles. The molecule has 1 fully saturated rings. The van der Waals surface area contributed by atoms with Crippen LogP contribution in [0.2, 0.25) is 0 Å². The molecule has 1 amide bonds. The summed E-state index contributed by atoms with van der Waals surface area (Å²) in [7, 11) is 6.26. The third kappa shape index (κ3) is 6.22. The molecule has 0 radical (unpaired) electrons. The fourth-order valence-electron chi connectivity index (χ4n) is 3.24. The number of benzene rings is 3. The molecule has 4 rings (SSSR count). The zero-order valence-electron chi connectivity index (χ0n) is 20.5. The van der Waals surface area contributed by atoms with Crippen LogP contribution in [0.1, 0.15) is 5.56 Å². The molecular formula is C27H29NO6S. The first-order valence-corrected chi connectivity index (χ1v) is 11.5. The van der Waals surface area contributed by atoms with Crippen molar-refractivity contribution in [2.45, 2.75) is 11.8 Å². The average Bonchev–Trinajstić information content (AvgIpc) is 2.90. The van der Waals surface area contributed by atoms with E-state index in [1.165, 1.54) is 38.9 Å². The Labute approximate surface area is 210 Å². The minimum Gasteiger partial charge on any atom is -0.493 e. The van der Waals surface area contributed by atoms with E-state index in [4.69, 9.17) is 23.1 Å². The van der Waals surface area contributed by atoms with Gasteiger partial charge in [-0.05, 0) is 31.2 Å². The Morgan fingerprint density at radius 2 is 1.37 bits per heavy atom. The summed E-state index contributed by atoms with van der Waals surface area (Å²) in [5, 5.41) is 0. The summed E-state index contributed by atoms with van der Waals surface area (Å²) < 4.78 is 26.6. The molecule has 1 saturated heterocycles. The van der Waals surface area contributed by atoms with E-state index in [9.17, 15) is 4.79 Å². The van der Waals surface area contributed by atoms with Gasteiger partial charge < -0.3 is 28.0 Å². The first-order chi connectivity index (χ1) is 16.9. The van der Waals surface area contributed by atoms with E-state index in [0.29, 0.717) is 35.1 Å². The molecule has 1 aliphatic heterocycles. The molecule has 1 heterocycles. The number of aryl methyl sites for hydroxylation is 1. The number of β-lactam (4-membered cyclic amide) rings is 1. The van der Waals surface area contributed by atoms with Crippen molar-refractivity contribution in [1.82, 2.24) is 0 Å². The topological polar surface area (TPSA) is 66.5 Å². The Balaban J connectivity index is 0.000000196. The van der Waals surface area contributed by atoms with Gasteiger partial charge in [0.15, 0.2) is 23.0 Å². The number of rotatable bonds is 8. The van der Waals surface area contributed by atoms with Crippen molar-refractivity contribution in [3.05, 3.63) is 78.4 Å². The summed E-state index contributed by atoms with van der Waals surface area (Å²) in [6.07, 6.45) is 0. The largest absolute Gasteiger partial charge is 0.493 e. The highest BCUT2D eigenvalue weighted by Gasteiger charge is 2.31. The number of amides is 1. The lowest BCUT2D eigenvalue weighted by Crippen LogP contribution is -2.45. The number of carbonyl (C=O) groups excluding carboxylic acids is 1. The highest BCUT2D eigenvalue weighted by atomic mass is 32.2. The molecule has 8 heteroatoms. The standard InChI is InChI=1S/C14H14O2S.C13H15NO4/c1-11-7-9-12(10-8-11)17-16-14-6-4-3-5-13(14)15-2;1-8-7-14(13(8)15)9-5-10(16-2)12(18-4)11(6-9)17-3/h3-10H,1-2H3;5-6H,1,7H2,2-4H3. The van der Waals surface area contributed by atoms with Crippen molar-refractivity contribution in [2.75, 3.05) is 39.9 Å². The number of anilines is 1. The predicted molar refractivity (Wildman–Crippen MR) is 138 cm³/mol. The van der Waals surface area contributed by atoms with E-state index < -0.39 is 0 Å². The quantitative estimate of drug-likeness (QED) is 0.225. The van der Waals surface area contributed by atoms with Crippen molar-refractivity contribution in [1.29, 1.82) is 0 Å². The summed E-state index contributed by atoms with van der Waals surface area (Å²) in [6, 6.07) is 19.3. The Morgan fingerprint density at radius 3 is 1.86 bits per heavy atom. The van der Waals surface area contributed by atoms with Crippen LogP contribution in [0.4, 0.5) is 5.69 Å². The van der Waals surface area contributed by atoms with Gasteiger partial charge in [0.05, 0.1) is 52.7 Å². The van der Waals surface area contributed by atoms with Crippen molar-refractivity contribution in [3.8, 4) is 28.7 Å². The number of methoxy groups -OCH3 is 4. The van der Waals surface area contributed by atoms with Gasteiger partial charge in [0.1, 0.15) is 0 Å².